The maximum atomic E-state index is 13.8. The van der Waals surface area contributed by atoms with Crippen molar-refractivity contribution in [1.29, 1.82) is 0 Å². The van der Waals surface area contributed by atoms with Crippen molar-refractivity contribution in [3.63, 3.8) is 0 Å². The van der Waals surface area contributed by atoms with Crippen molar-refractivity contribution in [2.75, 3.05) is 13.1 Å². The third kappa shape index (κ3) is 4.28. The van der Waals surface area contributed by atoms with Gasteiger partial charge in [-0.3, -0.25) is 9.69 Å². The van der Waals surface area contributed by atoms with Gasteiger partial charge in [-0.1, -0.05) is 26.0 Å². The van der Waals surface area contributed by atoms with Crippen LogP contribution in [0, 0.1) is 6.92 Å². The van der Waals surface area contributed by atoms with E-state index in [9.17, 15) is 23.1 Å². The van der Waals surface area contributed by atoms with Crippen molar-refractivity contribution in [3.8, 4) is 17.2 Å². The summed E-state index contributed by atoms with van der Waals surface area (Å²) < 4.78 is 51.9. The van der Waals surface area contributed by atoms with E-state index in [1.54, 1.807) is 19.1 Å². The number of halogens is 3. The lowest BCUT2D eigenvalue weighted by Gasteiger charge is -2.20. The van der Waals surface area contributed by atoms with E-state index in [2.05, 4.69) is 0 Å². The first-order chi connectivity index (χ1) is 14.2. The zero-order chi connectivity index (χ0) is 22.1. The minimum Gasteiger partial charge on any atom is -0.507 e. The highest BCUT2D eigenvalue weighted by Crippen LogP contribution is 2.40. The van der Waals surface area contributed by atoms with E-state index >= 15 is 0 Å². The number of ether oxygens (including phenoxy) is 1. The highest BCUT2D eigenvalue weighted by Gasteiger charge is 2.41. The van der Waals surface area contributed by atoms with E-state index in [4.69, 9.17) is 9.15 Å². The maximum Gasteiger partial charge on any atom is 0.453 e. The standard InChI is InChI=1S/C22H22F3NO4/c1-4-26(5-2)12-16-17(27)10-9-15-18(28)20(21(22(23,24)25)30-19(15)16)29-14-8-6-7-13(3)11-14/h6-11,27H,4-5,12H2,1-3H3. The number of hydrogen-bond donors (Lipinski definition) is 1. The Hall–Kier alpha value is -3.00. The summed E-state index contributed by atoms with van der Waals surface area (Å²) in [4.78, 5) is 14.9. The Labute approximate surface area is 171 Å². The molecular formula is C22H22F3NO4. The SMILES string of the molecule is CCN(CC)Cc1c(O)ccc2c(=O)c(Oc3cccc(C)c3)c(C(F)(F)F)oc12. The van der Waals surface area contributed by atoms with Crippen LogP contribution in [0.5, 0.6) is 17.2 Å². The zero-order valence-electron chi connectivity index (χ0n) is 16.8. The molecular weight excluding hydrogens is 399 g/mol. The van der Waals surface area contributed by atoms with Crippen molar-refractivity contribution >= 4 is 11.0 Å². The molecule has 2 aromatic carbocycles. The minimum atomic E-state index is -4.97. The maximum absolute atomic E-state index is 13.8. The second kappa shape index (κ2) is 8.39. The van der Waals surface area contributed by atoms with E-state index in [-0.39, 0.29) is 34.6 Å². The second-order valence-corrected chi connectivity index (χ2v) is 6.91. The van der Waals surface area contributed by atoms with Gasteiger partial charge in [0.15, 0.2) is 0 Å². The molecule has 3 rings (SSSR count). The van der Waals surface area contributed by atoms with Crippen LogP contribution in [0.2, 0.25) is 0 Å². The molecule has 0 atom stereocenters. The Morgan fingerprint density at radius 1 is 1.13 bits per heavy atom. The zero-order valence-corrected chi connectivity index (χ0v) is 16.8. The van der Waals surface area contributed by atoms with Gasteiger partial charge in [-0.2, -0.15) is 13.2 Å². The molecule has 0 spiro atoms. The summed E-state index contributed by atoms with van der Waals surface area (Å²) in [6.07, 6.45) is -4.97. The highest BCUT2D eigenvalue weighted by atomic mass is 19.4. The fourth-order valence-corrected chi connectivity index (χ4v) is 3.19. The van der Waals surface area contributed by atoms with Gasteiger partial charge in [-0.25, -0.2) is 0 Å². The molecule has 0 bridgehead atoms. The highest BCUT2D eigenvalue weighted by molar-refractivity contribution is 5.83. The molecule has 0 aliphatic rings. The normalized spacial score (nSPS) is 12.0. The molecule has 0 unspecified atom stereocenters. The Bertz CT molecular complexity index is 1120. The molecule has 0 aliphatic heterocycles. The van der Waals surface area contributed by atoms with Gasteiger partial charge in [0.05, 0.1) is 10.9 Å². The predicted octanol–water partition coefficient (Wildman–Crippen LogP) is 5.46. The van der Waals surface area contributed by atoms with Crippen molar-refractivity contribution in [1.82, 2.24) is 4.90 Å². The number of phenols is 1. The van der Waals surface area contributed by atoms with E-state index in [1.165, 1.54) is 24.3 Å². The van der Waals surface area contributed by atoms with Gasteiger partial charge in [0, 0.05) is 6.54 Å². The van der Waals surface area contributed by atoms with E-state index in [0.717, 1.165) is 5.56 Å². The Balaban J connectivity index is 2.27. The smallest absolute Gasteiger partial charge is 0.453 e. The van der Waals surface area contributed by atoms with Crippen molar-refractivity contribution in [2.24, 2.45) is 0 Å². The number of hydrogen-bond acceptors (Lipinski definition) is 5. The molecule has 30 heavy (non-hydrogen) atoms. The number of alkyl halides is 3. The van der Waals surface area contributed by atoms with Gasteiger partial charge in [0.25, 0.3) is 5.76 Å². The molecule has 0 saturated carbocycles. The van der Waals surface area contributed by atoms with E-state index < -0.39 is 23.1 Å². The fraction of sp³-hybridized carbons (Fsp3) is 0.318. The lowest BCUT2D eigenvalue weighted by molar-refractivity contribution is -0.154. The average Bonchev–Trinajstić information content (AvgIpc) is 2.68. The van der Waals surface area contributed by atoms with Crippen LogP contribution in [-0.4, -0.2) is 23.1 Å². The third-order valence-corrected chi connectivity index (χ3v) is 4.84. The largest absolute Gasteiger partial charge is 0.507 e. The molecule has 1 aromatic heterocycles. The summed E-state index contributed by atoms with van der Waals surface area (Å²) in [7, 11) is 0. The monoisotopic (exact) mass is 421 g/mol. The summed E-state index contributed by atoms with van der Waals surface area (Å²) in [6.45, 7) is 6.87. The predicted molar refractivity (Wildman–Crippen MR) is 107 cm³/mol. The topological polar surface area (TPSA) is 62.9 Å². The number of nitrogens with zero attached hydrogens (tertiary/aromatic N) is 1. The van der Waals surface area contributed by atoms with Crippen LogP contribution in [-0.2, 0) is 12.7 Å². The molecule has 0 amide bonds. The second-order valence-electron chi connectivity index (χ2n) is 6.91. The Morgan fingerprint density at radius 2 is 1.83 bits per heavy atom. The van der Waals surface area contributed by atoms with Crippen LogP contribution < -0.4 is 10.2 Å². The van der Waals surface area contributed by atoms with Gasteiger partial charge >= 0.3 is 6.18 Å². The van der Waals surface area contributed by atoms with Crippen LogP contribution in [0.3, 0.4) is 0 Å². The number of phenolic OH excluding ortho intramolecular Hbond substituents is 1. The summed E-state index contributed by atoms with van der Waals surface area (Å²) in [5.41, 5.74) is -0.361. The number of aromatic hydroxyl groups is 1. The quantitative estimate of drug-likeness (QED) is 0.573. The molecule has 160 valence electrons. The van der Waals surface area contributed by atoms with Crippen LogP contribution in [0.25, 0.3) is 11.0 Å². The molecule has 3 aromatic rings. The molecule has 0 radical (unpaired) electrons. The number of rotatable bonds is 6. The first kappa shape index (κ1) is 21.7. The number of fused-ring (bicyclic) bond motifs is 1. The van der Waals surface area contributed by atoms with Gasteiger partial charge < -0.3 is 14.3 Å². The van der Waals surface area contributed by atoms with Crippen LogP contribution in [0.1, 0.15) is 30.7 Å². The molecule has 0 fully saturated rings. The number of benzene rings is 2. The molecule has 8 heteroatoms. The van der Waals surface area contributed by atoms with Crippen molar-refractivity contribution in [2.45, 2.75) is 33.5 Å². The molecule has 5 nitrogen and oxygen atoms in total. The van der Waals surface area contributed by atoms with Crippen molar-refractivity contribution in [3.05, 3.63) is 63.5 Å². The summed E-state index contributed by atoms with van der Waals surface area (Å²) >= 11 is 0. The summed E-state index contributed by atoms with van der Waals surface area (Å²) in [6, 6.07) is 8.86. The molecule has 0 aliphatic carbocycles. The van der Waals surface area contributed by atoms with E-state index in [0.29, 0.717) is 13.1 Å². The third-order valence-electron chi connectivity index (χ3n) is 4.84. The van der Waals surface area contributed by atoms with E-state index in [1.807, 2.05) is 18.7 Å². The fourth-order valence-electron chi connectivity index (χ4n) is 3.19. The summed E-state index contributed by atoms with van der Waals surface area (Å²) in [5, 5.41) is 10.2. The van der Waals surface area contributed by atoms with Gasteiger partial charge in [-0.15, -0.1) is 0 Å². The Kier molecular flexibility index (Phi) is 6.07. The first-order valence-corrected chi connectivity index (χ1v) is 9.51. The number of aryl methyl sites for hydroxylation is 1. The van der Waals surface area contributed by atoms with Gasteiger partial charge in [0.1, 0.15) is 17.1 Å². The lowest BCUT2D eigenvalue weighted by atomic mass is 10.1. The van der Waals surface area contributed by atoms with Crippen LogP contribution >= 0.6 is 0 Å². The van der Waals surface area contributed by atoms with Crippen molar-refractivity contribution < 1.29 is 27.4 Å². The van der Waals surface area contributed by atoms with Gasteiger partial charge in [-0.05, 0) is 49.8 Å². The molecule has 1 heterocycles. The van der Waals surface area contributed by atoms with Gasteiger partial charge in [0.2, 0.25) is 11.2 Å². The van der Waals surface area contributed by atoms with Crippen LogP contribution in [0.15, 0.2) is 45.6 Å². The minimum absolute atomic E-state index is 0.0919. The first-order valence-electron chi connectivity index (χ1n) is 9.51. The lowest BCUT2D eigenvalue weighted by Crippen LogP contribution is -2.23. The summed E-state index contributed by atoms with van der Waals surface area (Å²) in [5.74, 6) is -2.61. The molecule has 1 N–H and O–H groups in total. The average molecular weight is 421 g/mol. The van der Waals surface area contributed by atoms with Crippen LogP contribution in [0.4, 0.5) is 13.2 Å². The Morgan fingerprint density at radius 3 is 2.43 bits per heavy atom. The molecule has 0 saturated heterocycles.